The quantitative estimate of drug-likeness (QED) is 0.702. The maximum Gasteiger partial charge on any atom is 0.490 e. The molecule has 2 nitrogen and oxygen atoms in total. The monoisotopic (exact) mass is 252 g/mol. The van der Waals surface area contributed by atoms with Crippen LogP contribution in [0, 0.1) is 17.8 Å². The normalized spacial score (nSPS) is 30.4. The summed E-state index contributed by atoms with van der Waals surface area (Å²) in [6, 6.07) is 0. The topological polar surface area (TPSA) is 26.3 Å². The van der Waals surface area contributed by atoms with Crippen molar-refractivity contribution in [3.63, 3.8) is 0 Å². The Balaban J connectivity index is 2.67. The molecule has 100 valence electrons. The number of rotatable bonds is 2. The number of esters is 1. The second-order valence-electron chi connectivity index (χ2n) is 5.27. The van der Waals surface area contributed by atoms with E-state index in [1.54, 1.807) is 0 Å². The maximum atomic E-state index is 12.2. The molecule has 0 aromatic carbocycles. The van der Waals surface area contributed by atoms with Gasteiger partial charge >= 0.3 is 12.1 Å². The van der Waals surface area contributed by atoms with Crippen LogP contribution in [0.25, 0.3) is 0 Å². The van der Waals surface area contributed by atoms with Gasteiger partial charge in [0.1, 0.15) is 6.10 Å². The Morgan fingerprint density at radius 1 is 1.29 bits per heavy atom. The minimum absolute atomic E-state index is 0.0394. The Labute approximate surface area is 99.5 Å². The van der Waals surface area contributed by atoms with Crippen LogP contribution in [0.2, 0.25) is 0 Å². The van der Waals surface area contributed by atoms with Gasteiger partial charge in [0.25, 0.3) is 0 Å². The highest BCUT2D eigenvalue weighted by Gasteiger charge is 2.44. The highest BCUT2D eigenvalue weighted by atomic mass is 19.4. The second-order valence-corrected chi connectivity index (χ2v) is 5.27. The van der Waals surface area contributed by atoms with Crippen molar-refractivity contribution in [2.45, 2.75) is 52.3 Å². The number of carbonyl (C=O) groups is 1. The van der Waals surface area contributed by atoms with Gasteiger partial charge in [0.05, 0.1) is 0 Å². The molecule has 0 bridgehead atoms. The number of alkyl halides is 3. The molecule has 1 aliphatic carbocycles. The molecule has 0 amide bonds. The van der Waals surface area contributed by atoms with Crippen LogP contribution in [0.15, 0.2) is 0 Å². The summed E-state index contributed by atoms with van der Waals surface area (Å²) in [5.74, 6) is -1.47. The van der Waals surface area contributed by atoms with Crippen LogP contribution in [0.4, 0.5) is 13.2 Å². The Morgan fingerprint density at radius 3 is 2.35 bits per heavy atom. The van der Waals surface area contributed by atoms with E-state index in [1.165, 1.54) is 0 Å². The van der Waals surface area contributed by atoms with E-state index < -0.39 is 18.2 Å². The maximum absolute atomic E-state index is 12.2. The van der Waals surface area contributed by atoms with Gasteiger partial charge in [-0.25, -0.2) is 4.79 Å². The lowest BCUT2D eigenvalue weighted by Gasteiger charge is -2.36. The van der Waals surface area contributed by atoms with Gasteiger partial charge in [-0.3, -0.25) is 0 Å². The van der Waals surface area contributed by atoms with E-state index in [0.717, 1.165) is 12.8 Å². The van der Waals surface area contributed by atoms with Gasteiger partial charge in [0.2, 0.25) is 0 Å². The van der Waals surface area contributed by atoms with Gasteiger partial charge in [-0.05, 0) is 30.6 Å². The number of halogens is 3. The van der Waals surface area contributed by atoms with Crippen molar-refractivity contribution in [2.24, 2.45) is 17.8 Å². The van der Waals surface area contributed by atoms with Crippen molar-refractivity contribution >= 4 is 5.97 Å². The predicted molar refractivity (Wildman–Crippen MR) is 57.3 cm³/mol. The molecular weight excluding hydrogens is 233 g/mol. The molecule has 1 fully saturated rings. The van der Waals surface area contributed by atoms with Crippen LogP contribution in [0.3, 0.4) is 0 Å². The van der Waals surface area contributed by atoms with E-state index in [1.807, 2.05) is 20.8 Å². The fraction of sp³-hybridized carbons (Fsp3) is 0.917. The molecule has 3 atom stereocenters. The Hall–Kier alpha value is -0.740. The highest BCUT2D eigenvalue weighted by Crippen LogP contribution is 2.36. The van der Waals surface area contributed by atoms with E-state index in [2.05, 4.69) is 4.74 Å². The molecule has 1 rings (SSSR count). The molecule has 0 unspecified atom stereocenters. The Morgan fingerprint density at radius 2 is 1.88 bits per heavy atom. The first-order chi connectivity index (χ1) is 7.71. The number of hydrogen-bond acceptors (Lipinski definition) is 2. The van der Waals surface area contributed by atoms with E-state index >= 15 is 0 Å². The van der Waals surface area contributed by atoms with Crippen LogP contribution in [-0.4, -0.2) is 18.2 Å². The van der Waals surface area contributed by atoms with Crippen molar-refractivity contribution in [1.82, 2.24) is 0 Å². The first-order valence-corrected chi connectivity index (χ1v) is 5.99. The fourth-order valence-electron chi connectivity index (χ4n) is 2.45. The third-order valence-corrected chi connectivity index (χ3v) is 3.45. The summed E-state index contributed by atoms with van der Waals surface area (Å²) in [7, 11) is 0. The fourth-order valence-corrected chi connectivity index (χ4v) is 2.45. The molecule has 1 saturated carbocycles. The molecular formula is C12H19F3O2. The molecule has 0 aromatic rings. The minimum atomic E-state index is -4.89. The Bertz CT molecular complexity index is 273. The predicted octanol–water partition coefficient (Wildman–Crippen LogP) is 3.55. The number of carbonyl (C=O) groups excluding carboxylic acids is 1. The average molecular weight is 252 g/mol. The first-order valence-electron chi connectivity index (χ1n) is 5.99. The van der Waals surface area contributed by atoms with E-state index in [4.69, 9.17) is 0 Å². The third-order valence-electron chi connectivity index (χ3n) is 3.45. The molecule has 0 radical (unpaired) electrons. The van der Waals surface area contributed by atoms with Crippen molar-refractivity contribution in [2.75, 3.05) is 0 Å². The van der Waals surface area contributed by atoms with Gasteiger partial charge < -0.3 is 4.74 Å². The van der Waals surface area contributed by atoms with E-state index in [-0.39, 0.29) is 11.8 Å². The summed E-state index contributed by atoms with van der Waals surface area (Å²) < 4.78 is 41.1. The zero-order valence-corrected chi connectivity index (χ0v) is 10.4. The minimum Gasteiger partial charge on any atom is -0.455 e. The van der Waals surface area contributed by atoms with Crippen molar-refractivity contribution in [3.8, 4) is 0 Å². The van der Waals surface area contributed by atoms with Gasteiger partial charge in [-0.15, -0.1) is 0 Å². The zero-order chi connectivity index (χ0) is 13.2. The molecule has 0 N–H and O–H groups in total. The van der Waals surface area contributed by atoms with Gasteiger partial charge in [-0.2, -0.15) is 13.2 Å². The van der Waals surface area contributed by atoms with Crippen molar-refractivity contribution in [3.05, 3.63) is 0 Å². The molecule has 17 heavy (non-hydrogen) atoms. The lowest BCUT2D eigenvalue weighted by Crippen LogP contribution is -2.39. The third kappa shape index (κ3) is 3.89. The van der Waals surface area contributed by atoms with E-state index in [0.29, 0.717) is 12.3 Å². The summed E-state index contributed by atoms with van der Waals surface area (Å²) in [6.07, 6.45) is -3.13. The lowest BCUT2D eigenvalue weighted by atomic mass is 9.75. The SMILES string of the molecule is CC(C)[C@H]1CC[C@H](C)C[C@@H]1OC(=O)C(F)(F)F. The molecule has 0 aliphatic heterocycles. The summed E-state index contributed by atoms with van der Waals surface area (Å²) in [4.78, 5) is 10.9. The molecule has 5 heteroatoms. The van der Waals surface area contributed by atoms with Gasteiger partial charge in [-0.1, -0.05) is 27.2 Å². The highest BCUT2D eigenvalue weighted by molar-refractivity contribution is 5.75. The number of hydrogen-bond donors (Lipinski definition) is 0. The van der Waals surface area contributed by atoms with Crippen LogP contribution in [-0.2, 0) is 9.53 Å². The van der Waals surface area contributed by atoms with Gasteiger partial charge in [0, 0.05) is 0 Å². The second kappa shape index (κ2) is 5.27. The summed E-state index contributed by atoms with van der Waals surface area (Å²) in [5, 5.41) is 0. The standard InChI is InChI=1S/C12H19F3O2/c1-7(2)9-5-4-8(3)6-10(9)17-11(16)12(13,14)15/h7-10H,4-6H2,1-3H3/t8-,9+,10-/m0/s1. The van der Waals surface area contributed by atoms with Crippen molar-refractivity contribution in [1.29, 1.82) is 0 Å². The summed E-state index contributed by atoms with van der Waals surface area (Å²) in [6.45, 7) is 5.88. The van der Waals surface area contributed by atoms with Crippen LogP contribution in [0.5, 0.6) is 0 Å². The van der Waals surface area contributed by atoms with Crippen LogP contribution < -0.4 is 0 Å². The number of ether oxygens (including phenoxy) is 1. The van der Waals surface area contributed by atoms with Crippen molar-refractivity contribution < 1.29 is 22.7 Å². The lowest BCUT2D eigenvalue weighted by molar-refractivity contribution is -0.210. The van der Waals surface area contributed by atoms with Crippen LogP contribution in [0.1, 0.15) is 40.0 Å². The Kier molecular flexibility index (Phi) is 4.44. The summed E-state index contributed by atoms with van der Waals surface area (Å²) >= 11 is 0. The molecule has 0 heterocycles. The largest absolute Gasteiger partial charge is 0.490 e. The van der Waals surface area contributed by atoms with E-state index in [9.17, 15) is 18.0 Å². The van der Waals surface area contributed by atoms with Gasteiger partial charge in [0.15, 0.2) is 0 Å². The zero-order valence-electron chi connectivity index (χ0n) is 10.4. The summed E-state index contributed by atoms with van der Waals surface area (Å²) in [5.41, 5.74) is 0. The first kappa shape index (κ1) is 14.3. The molecule has 0 aromatic heterocycles. The molecule has 0 spiro atoms. The molecule has 0 saturated heterocycles. The smallest absolute Gasteiger partial charge is 0.455 e. The molecule has 1 aliphatic rings. The average Bonchev–Trinajstić information content (AvgIpc) is 2.15. The van der Waals surface area contributed by atoms with Crippen LogP contribution >= 0.6 is 0 Å².